The number of nitrogens with two attached hydrogens (primary N) is 1. The van der Waals surface area contributed by atoms with Gasteiger partial charge in [0.1, 0.15) is 0 Å². The molecule has 0 fully saturated rings. The highest BCUT2D eigenvalue weighted by Gasteiger charge is 2.42. The Morgan fingerprint density at radius 1 is 1.14 bits per heavy atom. The van der Waals surface area contributed by atoms with Crippen LogP contribution in [0, 0.1) is 5.95 Å². The number of benzene rings is 1. The zero-order valence-electron chi connectivity index (χ0n) is 10.5. The van der Waals surface area contributed by atoms with Gasteiger partial charge >= 0.3 is 0 Å². The molecule has 1 aliphatic heterocycles. The first-order chi connectivity index (χ1) is 10.0. The highest BCUT2D eigenvalue weighted by molar-refractivity contribution is 6.32. The molecule has 104 valence electrons. The molecule has 0 spiro atoms. The Morgan fingerprint density at radius 2 is 1.90 bits per heavy atom. The monoisotopic (exact) mass is 285 g/mol. The number of aromatic nitrogens is 1. The number of hydrogen-bond donors (Lipinski definition) is 1. The molecule has 0 radical (unpaired) electrons. The van der Waals surface area contributed by atoms with E-state index in [1.54, 1.807) is 0 Å². The van der Waals surface area contributed by atoms with E-state index in [2.05, 4.69) is 4.98 Å². The van der Waals surface area contributed by atoms with Gasteiger partial charge < -0.3 is 5.73 Å². The van der Waals surface area contributed by atoms with Crippen LogP contribution in [0.25, 0.3) is 0 Å². The Bertz CT molecular complexity index is 804. The number of carbonyl (C=O) groups excluding carboxylic acids is 3. The smallest absolute Gasteiger partial charge is 0.272 e. The third-order valence-corrected chi connectivity index (χ3v) is 3.14. The summed E-state index contributed by atoms with van der Waals surface area (Å²) in [5.74, 6) is -3.80. The molecule has 3 rings (SSSR count). The van der Waals surface area contributed by atoms with E-state index in [9.17, 15) is 18.8 Å². The number of imide groups is 3. The van der Waals surface area contributed by atoms with Crippen LogP contribution in [-0.4, -0.2) is 27.6 Å². The first kappa shape index (κ1) is 12.9. The average molecular weight is 285 g/mol. The SMILES string of the molecule is Nc1cccc2c1C(=O)N(C(=O)c1cccnc1F)C2=O. The van der Waals surface area contributed by atoms with Gasteiger partial charge in [-0.3, -0.25) is 14.4 Å². The van der Waals surface area contributed by atoms with Gasteiger partial charge in [-0.15, -0.1) is 0 Å². The zero-order valence-corrected chi connectivity index (χ0v) is 10.5. The summed E-state index contributed by atoms with van der Waals surface area (Å²) in [7, 11) is 0. The minimum absolute atomic E-state index is 0.0256. The predicted molar refractivity (Wildman–Crippen MR) is 69.9 cm³/mol. The van der Waals surface area contributed by atoms with Crippen LogP contribution < -0.4 is 5.73 Å². The lowest BCUT2D eigenvalue weighted by molar-refractivity contribution is 0.0564. The van der Waals surface area contributed by atoms with Crippen molar-refractivity contribution in [2.45, 2.75) is 0 Å². The molecule has 1 aromatic carbocycles. The number of nitrogens with zero attached hydrogens (tertiary/aromatic N) is 2. The van der Waals surface area contributed by atoms with E-state index in [1.165, 1.54) is 24.3 Å². The van der Waals surface area contributed by atoms with Gasteiger partial charge in [-0.25, -0.2) is 9.88 Å². The molecule has 2 N–H and O–H groups in total. The number of amides is 3. The summed E-state index contributed by atoms with van der Waals surface area (Å²) in [5, 5.41) is 0. The highest BCUT2D eigenvalue weighted by Crippen LogP contribution is 2.28. The van der Waals surface area contributed by atoms with Crippen LogP contribution in [0.3, 0.4) is 0 Å². The summed E-state index contributed by atoms with van der Waals surface area (Å²) in [6, 6.07) is 6.82. The molecule has 0 saturated carbocycles. The van der Waals surface area contributed by atoms with Crippen molar-refractivity contribution in [3.05, 3.63) is 59.2 Å². The lowest BCUT2D eigenvalue weighted by Gasteiger charge is -2.11. The Balaban J connectivity index is 2.09. The topological polar surface area (TPSA) is 93.4 Å². The highest BCUT2D eigenvalue weighted by atomic mass is 19.1. The fourth-order valence-corrected chi connectivity index (χ4v) is 2.16. The van der Waals surface area contributed by atoms with Crippen LogP contribution in [0.5, 0.6) is 0 Å². The number of halogens is 1. The predicted octanol–water partition coefficient (Wildman–Crippen LogP) is 1.24. The van der Waals surface area contributed by atoms with E-state index < -0.39 is 29.2 Å². The first-order valence-electron chi connectivity index (χ1n) is 5.94. The molecule has 1 aliphatic rings. The minimum atomic E-state index is -1.06. The van der Waals surface area contributed by atoms with Gasteiger partial charge in [0.2, 0.25) is 5.95 Å². The third kappa shape index (κ3) is 1.78. The molecular formula is C14H8FN3O3. The number of fused-ring (bicyclic) bond motifs is 1. The molecule has 1 aromatic heterocycles. The van der Waals surface area contributed by atoms with Crippen molar-refractivity contribution in [1.29, 1.82) is 0 Å². The van der Waals surface area contributed by atoms with Gasteiger partial charge in [-0.2, -0.15) is 4.39 Å². The summed E-state index contributed by atoms with van der Waals surface area (Å²) < 4.78 is 13.5. The molecule has 21 heavy (non-hydrogen) atoms. The fraction of sp³-hybridized carbons (Fsp3) is 0. The van der Waals surface area contributed by atoms with Crippen LogP contribution in [-0.2, 0) is 0 Å². The van der Waals surface area contributed by atoms with Crippen molar-refractivity contribution in [1.82, 2.24) is 9.88 Å². The minimum Gasteiger partial charge on any atom is -0.398 e. The average Bonchev–Trinajstić information content (AvgIpc) is 2.72. The molecule has 0 aliphatic carbocycles. The summed E-state index contributed by atoms with van der Waals surface area (Å²) in [5.41, 5.74) is 5.28. The van der Waals surface area contributed by atoms with E-state index in [4.69, 9.17) is 5.73 Å². The van der Waals surface area contributed by atoms with Crippen molar-refractivity contribution in [2.24, 2.45) is 0 Å². The maximum atomic E-state index is 13.5. The number of anilines is 1. The molecule has 7 heteroatoms. The Hall–Kier alpha value is -3.09. The number of carbonyl (C=O) groups is 3. The largest absolute Gasteiger partial charge is 0.398 e. The van der Waals surface area contributed by atoms with Crippen LogP contribution in [0.2, 0.25) is 0 Å². The first-order valence-corrected chi connectivity index (χ1v) is 5.94. The second-order valence-corrected chi connectivity index (χ2v) is 4.36. The van der Waals surface area contributed by atoms with E-state index in [1.807, 2.05) is 0 Å². The van der Waals surface area contributed by atoms with Gasteiger partial charge in [0.05, 0.1) is 16.7 Å². The maximum absolute atomic E-state index is 13.5. The molecule has 0 unspecified atom stereocenters. The quantitative estimate of drug-likeness (QED) is 0.483. The summed E-state index contributed by atoms with van der Waals surface area (Å²) in [6.45, 7) is 0. The summed E-state index contributed by atoms with van der Waals surface area (Å²) in [4.78, 5) is 40.3. The standard InChI is InChI=1S/C14H8FN3O3/c15-11-8(4-2-6-17-11)13(20)18-12(19)7-3-1-5-9(16)10(7)14(18)21/h1-6H,16H2. The second-order valence-electron chi connectivity index (χ2n) is 4.36. The number of nitrogen functional groups attached to an aromatic ring is 1. The molecule has 2 heterocycles. The Labute approximate surface area is 118 Å². The Kier molecular flexibility index (Phi) is 2.76. The van der Waals surface area contributed by atoms with Crippen molar-refractivity contribution in [3.8, 4) is 0 Å². The number of rotatable bonds is 1. The summed E-state index contributed by atoms with van der Waals surface area (Å²) >= 11 is 0. The molecule has 0 atom stereocenters. The zero-order chi connectivity index (χ0) is 15.1. The van der Waals surface area contributed by atoms with Gasteiger partial charge in [-0.1, -0.05) is 6.07 Å². The van der Waals surface area contributed by atoms with Crippen molar-refractivity contribution in [3.63, 3.8) is 0 Å². The van der Waals surface area contributed by atoms with Crippen molar-refractivity contribution < 1.29 is 18.8 Å². The van der Waals surface area contributed by atoms with Gasteiger partial charge in [0, 0.05) is 11.9 Å². The molecular weight excluding hydrogens is 277 g/mol. The van der Waals surface area contributed by atoms with Crippen molar-refractivity contribution >= 4 is 23.4 Å². The lowest BCUT2D eigenvalue weighted by Crippen LogP contribution is -2.36. The second kappa shape index (κ2) is 4.48. The van der Waals surface area contributed by atoms with E-state index in [0.717, 1.165) is 12.3 Å². The fourth-order valence-electron chi connectivity index (χ4n) is 2.16. The van der Waals surface area contributed by atoms with E-state index in [-0.39, 0.29) is 16.8 Å². The van der Waals surface area contributed by atoms with Gasteiger partial charge in [0.25, 0.3) is 17.7 Å². The molecule has 0 bridgehead atoms. The normalized spacial score (nSPS) is 13.5. The van der Waals surface area contributed by atoms with Crippen LogP contribution in [0.1, 0.15) is 31.1 Å². The van der Waals surface area contributed by atoms with Gasteiger partial charge in [0.15, 0.2) is 0 Å². The van der Waals surface area contributed by atoms with Crippen molar-refractivity contribution in [2.75, 3.05) is 5.73 Å². The third-order valence-electron chi connectivity index (χ3n) is 3.14. The van der Waals surface area contributed by atoms with E-state index in [0.29, 0.717) is 4.90 Å². The van der Waals surface area contributed by atoms with Crippen LogP contribution >= 0.6 is 0 Å². The molecule has 3 amide bonds. The van der Waals surface area contributed by atoms with E-state index >= 15 is 0 Å². The molecule has 2 aromatic rings. The van der Waals surface area contributed by atoms with Crippen LogP contribution in [0.15, 0.2) is 36.5 Å². The molecule has 6 nitrogen and oxygen atoms in total. The molecule has 0 saturated heterocycles. The Morgan fingerprint density at radius 3 is 2.57 bits per heavy atom. The number of pyridine rings is 1. The summed E-state index contributed by atoms with van der Waals surface area (Å²) in [6.07, 6.45) is 1.16. The number of hydrogen-bond acceptors (Lipinski definition) is 5. The van der Waals surface area contributed by atoms with Crippen LogP contribution in [0.4, 0.5) is 10.1 Å². The lowest BCUT2D eigenvalue weighted by atomic mass is 10.1. The maximum Gasteiger partial charge on any atom is 0.272 e. The van der Waals surface area contributed by atoms with Gasteiger partial charge in [-0.05, 0) is 24.3 Å².